The second kappa shape index (κ2) is 9.44. The monoisotopic (exact) mass is 432 g/mol. The Kier molecular flexibility index (Phi) is 6.91. The number of nitrogens with zero attached hydrogens (tertiary/aromatic N) is 4. The van der Waals surface area contributed by atoms with E-state index in [1.54, 1.807) is 20.8 Å². The van der Waals surface area contributed by atoms with Gasteiger partial charge in [0, 0.05) is 44.5 Å². The van der Waals surface area contributed by atoms with Gasteiger partial charge < -0.3 is 20.1 Å². The number of likely N-dealkylation sites (N-methyl/N-ethyl adjacent to an activating group) is 1. The average molecular weight is 433 g/mol. The Bertz CT molecular complexity index is 926. The van der Waals surface area contributed by atoms with Crippen LogP contribution in [-0.4, -0.2) is 64.7 Å². The summed E-state index contributed by atoms with van der Waals surface area (Å²) in [7, 11) is 2.08. The highest BCUT2D eigenvalue weighted by molar-refractivity contribution is 5.84. The molecule has 9 nitrogen and oxygen atoms in total. The summed E-state index contributed by atoms with van der Waals surface area (Å²) in [5, 5.41) is 2.50. The average Bonchev–Trinajstić information content (AvgIpc) is 2.66. The van der Waals surface area contributed by atoms with E-state index in [-0.39, 0.29) is 17.3 Å². The number of nitrogens with two attached hydrogens (primary N) is 1. The minimum Gasteiger partial charge on any atom is -0.444 e. The molecule has 0 unspecified atom stereocenters. The van der Waals surface area contributed by atoms with E-state index in [2.05, 4.69) is 32.1 Å². The maximum Gasteiger partial charge on any atom is 0.412 e. The summed E-state index contributed by atoms with van der Waals surface area (Å²) < 4.78 is 25.6. The molecule has 1 aliphatic rings. The van der Waals surface area contributed by atoms with Gasteiger partial charge in [-0.2, -0.15) is 0 Å². The number of nitrogens with one attached hydrogen (secondary N) is 1. The number of benzene rings is 1. The first-order valence-corrected chi connectivity index (χ1v) is 10.1. The molecule has 1 fully saturated rings. The van der Waals surface area contributed by atoms with E-state index in [0.717, 1.165) is 32.2 Å². The number of amides is 1. The van der Waals surface area contributed by atoms with Crippen LogP contribution in [0.1, 0.15) is 26.3 Å². The number of carbonyl (C=O) groups excluding carboxylic acids is 1. The topological polar surface area (TPSA) is 106 Å². The van der Waals surface area contributed by atoms with Crippen LogP contribution in [0.4, 0.5) is 20.7 Å². The maximum absolute atomic E-state index is 14.7. The van der Waals surface area contributed by atoms with E-state index in [1.165, 1.54) is 18.5 Å². The van der Waals surface area contributed by atoms with E-state index in [4.69, 9.17) is 15.2 Å². The van der Waals surface area contributed by atoms with Gasteiger partial charge in [0.25, 0.3) is 0 Å². The van der Waals surface area contributed by atoms with Crippen molar-refractivity contribution in [3.8, 4) is 11.6 Å². The van der Waals surface area contributed by atoms with E-state index in [1.807, 2.05) is 0 Å². The third-order valence-corrected chi connectivity index (χ3v) is 4.70. The number of anilines is 2. The molecule has 3 N–H and O–H groups in total. The van der Waals surface area contributed by atoms with Crippen LogP contribution >= 0.6 is 0 Å². The van der Waals surface area contributed by atoms with E-state index in [9.17, 15) is 9.18 Å². The molecule has 1 amide bonds. The molecule has 3 rings (SSSR count). The Labute approximate surface area is 181 Å². The molecule has 1 saturated heterocycles. The van der Waals surface area contributed by atoms with Gasteiger partial charge in [0.05, 0.1) is 5.56 Å². The fourth-order valence-corrected chi connectivity index (χ4v) is 3.06. The quantitative estimate of drug-likeness (QED) is 0.743. The molecule has 1 aliphatic heterocycles. The Morgan fingerprint density at radius 2 is 1.94 bits per heavy atom. The van der Waals surface area contributed by atoms with Crippen LogP contribution in [0.3, 0.4) is 0 Å². The number of rotatable bonds is 5. The molecule has 168 valence electrons. The highest BCUT2D eigenvalue weighted by Gasteiger charge is 2.21. The number of aromatic nitrogens is 2. The van der Waals surface area contributed by atoms with E-state index in [0.29, 0.717) is 17.9 Å². The molecule has 1 aromatic carbocycles. The molecule has 2 aromatic rings. The van der Waals surface area contributed by atoms with Crippen molar-refractivity contribution in [3.05, 3.63) is 35.9 Å². The predicted molar refractivity (Wildman–Crippen MR) is 116 cm³/mol. The molecule has 0 saturated carbocycles. The number of hydrogen-bond acceptors (Lipinski definition) is 8. The lowest BCUT2D eigenvalue weighted by atomic mass is 10.2. The van der Waals surface area contributed by atoms with Crippen molar-refractivity contribution in [1.29, 1.82) is 0 Å². The lowest BCUT2D eigenvalue weighted by molar-refractivity contribution is 0.0636. The summed E-state index contributed by atoms with van der Waals surface area (Å²) in [5.74, 6) is -0.186. The van der Waals surface area contributed by atoms with Gasteiger partial charge >= 0.3 is 6.09 Å². The van der Waals surface area contributed by atoms with Gasteiger partial charge in [0.15, 0.2) is 11.6 Å². The standard InChI is InChI=1S/C21H29FN6O3/c1-21(2,3)31-20(29)26-14-5-6-17(16(22)11-14)30-19-15(18(23)24-13-25-19)12-28-9-7-27(4)8-10-28/h5-6,11,13H,7-10,12H2,1-4H3,(H,26,29)(H2,23,24,25). The zero-order valence-electron chi connectivity index (χ0n) is 18.3. The van der Waals surface area contributed by atoms with Crippen LogP contribution in [0.5, 0.6) is 11.6 Å². The van der Waals surface area contributed by atoms with Crippen molar-refractivity contribution in [1.82, 2.24) is 19.8 Å². The Morgan fingerprint density at radius 1 is 1.23 bits per heavy atom. The van der Waals surface area contributed by atoms with Gasteiger partial charge in [-0.3, -0.25) is 10.2 Å². The van der Waals surface area contributed by atoms with Gasteiger partial charge in [-0.05, 0) is 40.0 Å². The first-order chi connectivity index (χ1) is 14.6. The summed E-state index contributed by atoms with van der Waals surface area (Å²) in [6.07, 6.45) is 0.618. The highest BCUT2D eigenvalue weighted by atomic mass is 19.1. The highest BCUT2D eigenvalue weighted by Crippen LogP contribution is 2.30. The number of ether oxygens (including phenoxy) is 2. The van der Waals surface area contributed by atoms with Crippen LogP contribution in [0.2, 0.25) is 0 Å². The van der Waals surface area contributed by atoms with Crippen molar-refractivity contribution in [3.63, 3.8) is 0 Å². The lowest BCUT2D eigenvalue weighted by Crippen LogP contribution is -2.44. The minimum absolute atomic E-state index is 0.0348. The molecule has 0 spiro atoms. The lowest BCUT2D eigenvalue weighted by Gasteiger charge is -2.32. The number of nitrogen functional groups attached to an aromatic ring is 1. The normalized spacial score (nSPS) is 15.5. The Balaban J connectivity index is 1.72. The van der Waals surface area contributed by atoms with Gasteiger partial charge in [0.1, 0.15) is 17.7 Å². The molecule has 0 radical (unpaired) electrons. The fraction of sp³-hybridized carbons (Fsp3) is 0.476. The van der Waals surface area contributed by atoms with Crippen LogP contribution in [0.25, 0.3) is 0 Å². The fourth-order valence-electron chi connectivity index (χ4n) is 3.06. The first kappa shape index (κ1) is 22.7. The summed E-state index contributed by atoms with van der Waals surface area (Å²) in [4.78, 5) is 24.6. The largest absolute Gasteiger partial charge is 0.444 e. The van der Waals surface area contributed by atoms with Crippen molar-refractivity contribution >= 4 is 17.6 Å². The van der Waals surface area contributed by atoms with Crippen molar-refractivity contribution in [2.45, 2.75) is 32.9 Å². The Hall–Kier alpha value is -2.98. The van der Waals surface area contributed by atoms with Gasteiger partial charge in [-0.25, -0.2) is 19.2 Å². The maximum atomic E-state index is 14.7. The molecule has 10 heteroatoms. The smallest absolute Gasteiger partial charge is 0.412 e. The summed E-state index contributed by atoms with van der Waals surface area (Å²) in [6.45, 7) is 9.41. The van der Waals surface area contributed by atoms with Crippen LogP contribution in [0.15, 0.2) is 24.5 Å². The third-order valence-electron chi connectivity index (χ3n) is 4.70. The molecular formula is C21H29FN6O3. The Morgan fingerprint density at radius 3 is 2.58 bits per heavy atom. The zero-order chi connectivity index (χ0) is 22.6. The van der Waals surface area contributed by atoms with Gasteiger partial charge in [-0.15, -0.1) is 0 Å². The van der Waals surface area contributed by atoms with E-state index < -0.39 is 17.5 Å². The van der Waals surface area contributed by atoms with Crippen LogP contribution < -0.4 is 15.8 Å². The minimum atomic E-state index is -0.668. The van der Waals surface area contributed by atoms with Crippen LogP contribution in [0, 0.1) is 5.82 Å². The van der Waals surface area contributed by atoms with Crippen molar-refractivity contribution < 1.29 is 18.7 Å². The molecule has 31 heavy (non-hydrogen) atoms. The second-order valence-electron chi connectivity index (χ2n) is 8.50. The SMILES string of the molecule is CN1CCN(Cc2c(N)ncnc2Oc2ccc(NC(=O)OC(C)(C)C)cc2F)CC1. The molecule has 0 aliphatic carbocycles. The molecular weight excluding hydrogens is 403 g/mol. The van der Waals surface area contributed by atoms with Gasteiger partial charge in [0.2, 0.25) is 5.88 Å². The molecule has 0 bridgehead atoms. The van der Waals surface area contributed by atoms with Crippen molar-refractivity contribution in [2.24, 2.45) is 0 Å². The summed E-state index contributed by atoms with van der Waals surface area (Å²) in [5.41, 5.74) is 6.27. The molecule has 2 heterocycles. The summed E-state index contributed by atoms with van der Waals surface area (Å²) in [6, 6.07) is 4.09. The van der Waals surface area contributed by atoms with Crippen LogP contribution in [-0.2, 0) is 11.3 Å². The third kappa shape index (κ3) is 6.50. The zero-order valence-corrected chi connectivity index (χ0v) is 18.3. The van der Waals surface area contributed by atoms with Crippen molar-refractivity contribution in [2.75, 3.05) is 44.3 Å². The number of halogens is 1. The number of carbonyl (C=O) groups is 1. The predicted octanol–water partition coefficient (Wildman–Crippen LogP) is 3.08. The van der Waals surface area contributed by atoms with E-state index >= 15 is 0 Å². The van der Waals surface area contributed by atoms with Gasteiger partial charge in [-0.1, -0.05) is 0 Å². The summed E-state index contributed by atoms with van der Waals surface area (Å²) >= 11 is 0. The number of hydrogen-bond donors (Lipinski definition) is 2. The number of piperazine rings is 1. The first-order valence-electron chi connectivity index (χ1n) is 10.1. The molecule has 0 atom stereocenters. The second-order valence-corrected chi connectivity index (χ2v) is 8.50. The molecule has 1 aromatic heterocycles.